The first-order valence-electron chi connectivity index (χ1n) is 9.43. The number of nitrogens with zero attached hydrogens (tertiary/aromatic N) is 1. The summed E-state index contributed by atoms with van der Waals surface area (Å²) in [5.74, 6) is 1.93. The van der Waals surface area contributed by atoms with E-state index >= 15 is 0 Å². The number of hydrogen-bond donors (Lipinski definition) is 2. The molecule has 1 heterocycles. The lowest BCUT2D eigenvalue weighted by Gasteiger charge is -2.12. The predicted octanol–water partition coefficient (Wildman–Crippen LogP) is 3.45. The van der Waals surface area contributed by atoms with Gasteiger partial charge in [0.05, 0.1) is 24.5 Å². The monoisotopic (exact) mass is 399 g/mol. The van der Waals surface area contributed by atoms with E-state index in [9.17, 15) is 9.18 Å². The summed E-state index contributed by atoms with van der Waals surface area (Å²) in [6.45, 7) is 0.713. The molecule has 0 bridgehead atoms. The Morgan fingerprint density at radius 2 is 2.10 bits per heavy atom. The third-order valence-electron chi connectivity index (χ3n) is 4.22. The first-order chi connectivity index (χ1) is 14.1. The molecule has 0 aliphatic rings. The van der Waals surface area contributed by atoms with Gasteiger partial charge in [-0.05, 0) is 37.5 Å². The number of nitrogen functional groups attached to an aromatic ring is 1. The van der Waals surface area contributed by atoms with E-state index in [1.807, 2.05) is 0 Å². The number of methoxy groups -OCH3 is 1. The number of unbranched alkanes of at least 4 members (excludes halogenated alkanes) is 3. The summed E-state index contributed by atoms with van der Waals surface area (Å²) < 4.78 is 25.1. The average molecular weight is 399 g/mol. The number of nitrogens with two attached hydrogens (primary N) is 1. The smallest absolute Gasteiger partial charge is 0.255 e. The normalized spacial score (nSPS) is 10.4. The van der Waals surface area contributed by atoms with E-state index in [0.29, 0.717) is 24.5 Å². The van der Waals surface area contributed by atoms with Crippen LogP contribution < -0.4 is 15.8 Å². The number of carbonyl (C=O) groups is 1. The van der Waals surface area contributed by atoms with Crippen LogP contribution in [-0.4, -0.2) is 24.6 Å². The van der Waals surface area contributed by atoms with Crippen LogP contribution >= 0.6 is 0 Å². The number of halogens is 1. The van der Waals surface area contributed by atoms with E-state index in [1.54, 1.807) is 37.4 Å². The van der Waals surface area contributed by atoms with Gasteiger partial charge in [-0.1, -0.05) is 12.1 Å². The van der Waals surface area contributed by atoms with E-state index in [1.165, 1.54) is 0 Å². The van der Waals surface area contributed by atoms with Crippen molar-refractivity contribution in [1.29, 1.82) is 0 Å². The molecular weight excluding hydrogens is 373 g/mol. The van der Waals surface area contributed by atoms with Crippen LogP contribution in [0.15, 0.2) is 30.3 Å². The molecule has 0 saturated heterocycles. The SMILES string of the molecule is C#CCCCCCOc1cccc(CNC(=O)c2ccc(COC)nc2N)c1F. The van der Waals surface area contributed by atoms with Gasteiger partial charge in [0.15, 0.2) is 11.6 Å². The molecule has 0 unspecified atom stereocenters. The second kappa shape index (κ2) is 11.7. The highest BCUT2D eigenvalue weighted by atomic mass is 19.1. The fourth-order valence-corrected chi connectivity index (χ4v) is 2.70. The van der Waals surface area contributed by atoms with Gasteiger partial charge in [0, 0.05) is 25.6 Å². The van der Waals surface area contributed by atoms with E-state index in [-0.39, 0.29) is 23.7 Å². The summed E-state index contributed by atoms with van der Waals surface area (Å²) in [5.41, 5.74) is 7.01. The molecule has 0 atom stereocenters. The highest BCUT2D eigenvalue weighted by molar-refractivity contribution is 5.98. The minimum Gasteiger partial charge on any atom is -0.491 e. The molecule has 0 aliphatic heterocycles. The quantitative estimate of drug-likeness (QED) is 0.446. The highest BCUT2D eigenvalue weighted by Crippen LogP contribution is 2.21. The van der Waals surface area contributed by atoms with Crippen molar-refractivity contribution in [2.75, 3.05) is 19.5 Å². The van der Waals surface area contributed by atoms with Crippen molar-refractivity contribution in [2.45, 2.75) is 38.8 Å². The van der Waals surface area contributed by atoms with Crippen molar-refractivity contribution >= 4 is 11.7 Å². The number of terminal acetylenes is 1. The molecule has 0 aliphatic carbocycles. The number of aromatic nitrogens is 1. The maximum Gasteiger partial charge on any atom is 0.255 e. The van der Waals surface area contributed by atoms with Crippen LogP contribution in [0.1, 0.15) is 47.3 Å². The van der Waals surface area contributed by atoms with Crippen molar-refractivity contribution in [3.63, 3.8) is 0 Å². The number of hydrogen-bond acceptors (Lipinski definition) is 5. The van der Waals surface area contributed by atoms with Crippen LogP contribution in [0, 0.1) is 18.2 Å². The molecule has 3 N–H and O–H groups in total. The molecule has 0 spiro atoms. The Kier molecular flexibility index (Phi) is 8.93. The molecule has 6 nitrogen and oxygen atoms in total. The third-order valence-corrected chi connectivity index (χ3v) is 4.22. The minimum absolute atomic E-state index is 0.00327. The topological polar surface area (TPSA) is 86.5 Å². The standard InChI is InChI=1S/C22H26FN3O3/c1-3-4-5-6-7-13-29-19-10-8-9-16(20(19)23)14-25-22(27)18-12-11-17(15-28-2)26-21(18)24/h1,8-12H,4-7,13-15H2,2H3,(H2,24,26)(H,25,27). The molecule has 0 fully saturated rings. The van der Waals surface area contributed by atoms with Gasteiger partial charge in [0.2, 0.25) is 0 Å². The Bertz CT molecular complexity index is 865. The Hall–Kier alpha value is -3.11. The molecule has 29 heavy (non-hydrogen) atoms. The number of rotatable bonds is 11. The van der Waals surface area contributed by atoms with E-state index < -0.39 is 11.7 Å². The van der Waals surface area contributed by atoms with Gasteiger partial charge >= 0.3 is 0 Å². The molecule has 1 aromatic heterocycles. The minimum atomic E-state index is -0.488. The lowest BCUT2D eigenvalue weighted by molar-refractivity contribution is 0.0951. The molecule has 1 amide bonds. The van der Waals surface area contributed by atoms with Crippen molar-refractivity contribution in [3.05, 3.63) is 53.0 Å². The van der Waals surface area contributed by atoms with Gasteiger partial charge in [-0.3, -0.25) is 4.79 Å². The average Bonchev–Trinajstić information content (AvgIpc) is 2.71. The highest BCUT2D eigenvalue weighted by Gasteiger charge is 2.14. The van der Waals surface area contributed by atoms with Gasteiger partial charge in [-0.2, -0.15) is 0 Å². The largest absolute Gasteiger partial charge is 0.491 e. The number of amides is 1. The zero-order valence-corrected chi connectivity index (χ0v) is 16.5. The Labute approximate surface area is 170 Å². The molecular formula is C22H26FN3O3. The molecule has 154 valence electrons. The Morgan fingerprint density at radius 1 is 1.28 bits per heavy atom. The molecule has 0 radical (unpaired) electrons. The summed E-state index contributed by atoms with van der Waals surface area (Å²) in [7, 11) is 1.55. The van der Waals surface area contributed by atoms with Gasteiger partial charge < -0.3 is 20.5 Å². The lowest BCUT2D eigenvalue weighted by Crippen LogP contribution is -2.25. The number of benzene rings is 1. The summed E-state index contributed by atoms with van der Waals surface area (Å²) >= 11 is 0. The number of pyridine rings is 1. The lowest BCUT2D eigenvalue weighted by atomic mass is 10.1. The number of ether oxygens (including phenoxy) is 2. The van der Waals surface area contributed by atoms with Crippen LogP contribution in [0.5, 0.6) is 5.75 Å². The second-order valence-corrected chi connectivity index (χ2v) is 6.44. The van der Waals surface area contributed by atoms with Crippen molar-refractivity contribution in [1.82, 2.24) is 10.3 Å². The number of nitrogens with one attached hydrogen (secondary N) is 1. The predicted molar refractivity (Wildman–Crippen MR) is 110 cm³/mol. The first kappa shape index (κ1) is 22.2. The summed E-state index contributed by atoms with van der Waals surface area (Å²) in [6.07, 6.45) is 8.60. The van der Waals surface area contributed by atoms with E-state index in [2.05, 4.69) is 16.2 Å². The third kappa shape index (κ3) is 6.77. The van der Waals surface area contributed by atoms with Gasteiger partial charge in [-0.25, -0.2) is 9.37 Å². The van der Waals surface area contributed by atoms with Crippen LogP contribution in [0.2, 0.25) is 0 Å². The summed E-state index contributed by atoms with van der Waals surface area (Å²) in [5, 5.41) is 2.66. The van der Waals surface area contributed by atoms with E-state index in [4.69, 9.17) is 21.6 Å². The fourth-order valence-electron chi connectivity index (χ4n) is 2.70. The molecule has 7 heteroatoms. The van der Waals surface area contributed by atoms with Crippen LogP contribution in [0.25, 0.3) is 0 Å². The van der Waals surface area contributed by atoms with Gasteiger partial charge in [-0.15, -0.1) is 12.3 Å². The molecule has 2 rings (SSSR count). The summed E-state index contributed by atoms with van der Waals surface area (Å²) in [4.78, 5) is 16.5. The number of anilines is 1. The van der Waals surface area contributed by atoms with Crippen LogP contribution in [-0.2, 0) is 17.9 Å². The number of carbonyl (C=O) groups excluding carboxylic acids is 1. The second-order valence-electron chi connectivity index (χ2n) is 6.44. The van der Waals surface area contributed by atoms with Crippen LogP contribution in [0.3, 0.4) is 0 Å². The van der Waals surface area contributed by atoms with E-state index in [0.717, 1.165) is 25.7 Å². The Morgan fingerprint density at radius 3 is 2.83 bits per heavy atom. The summed E-state index contributed by atoms with van der Waals surface area (Å²) in [6, 6.07) is 8.08. The van der Waals surface area contributed by atoms with Crippen molar-refractivity contribution < 1.29 is 18.7 Å². The zero-order valence-electron chi connectivity index (χ0n) is 16.5. The van der Waals surface area contributed by atoms with Crippen LogP contribution in [0.4, 0.5) is 10.2 Å². The maximum atomic E-state index is 14.6. The molecule has 1 aromatic carbocycles. The molecule has 2 aromatic rings. The maximum absolute atomic E-state index is 14.6. The van der Waals surface area contributed by atoms with Gasteiger partial charge in [0.25, 0.3) is 5.91 Å². The van der Waals surface area contributed by atoms with Crippen molar-refractivity contribution in [3.8, 4) is 18.1 Å². The fraction of sp³-hybridized carbons (Fsp3) is 0.364. The Balaban J connectivity index is 1.92. The zero-order chi connectivity index (χ0) is 21.1. The molecule has 0 saturated carbocycles. The van der Waals surface area contributed by atoms with Gasteiger partial charge in [0.1, 0.15) is 5.82 Å². The first-order valence-corrected chi connectivity index (χ1v) is 9.43. The van der Waals surface area contributed by atoms with Crippen molar-refractivity contribution in [2.24, 2.45) is 0 Å².